The van der Waals surface area contributed by atoms with Crippen LogP contribution in [0.5, 0.6) is 0 Å². The lowest BCUT2D eigenvalue weighted by atomic mass is 9.91. The summed E-state index contributed by atoms with van der Waals surface area (Å²) in [6, 6.07) is 5.54. The molecule has 0 N–H and O–H groups in total. The second-order valence-corrected chi connectivity index (χ2v) is 6.90. The number of hydrogen-bond acceptors (Lipinski definition) is 4. The highest BCUT2D eigenvalue weighted by Crippen LogP contribution is 2.32. The summed E-state index contributed by atoms with van der Waals surface area (Å²) in [5, 5.41) is 1.32. The summed E-state index contributed by atoms with van der Waals surface area (Å²) in [5.41, 5.74) is 0.935. The first-order valence-corrected chi connectivity index (χ1v) is 7.55. The molecule has 0 radical (unpaired) electrons. The summed E-state index contributed by atoms with van der Waals surface area (Å²) in [6.45, 7) is 6.37. The van der Waals surface area contributed by atoms with Crippen LogP contribution < -0.4 is 0 Å². The van der Waals surface area contributed by atoms with Crippen molar-refractivity contribution in [3.63, 3.8) is 0 Å². The van der Waals surface area contributed by atoms with Crippen LogP contribution in [0.2, 0.25) is 10.0 Å². The van der Waals surface area contributed by atoms with E-state index >= 15 is 0 Å². The van der Waals surface area contributed by atoms with Crippen LogP contribution >= 0.6 is 23.2 Å². The summed E-state index contributed by atoms with van der Waals surface area (Å²) >= 11 is 12.1. The van der Waals surface area contributed by atoms with E-state index in [2.05, 4.69) is 14.7 Å². The maximum absolute atomic E-state index is 6.21. The second-order valence-electron chi connectivity index (χ2n) is 6.06. The van der Waals surface area contributed by atoms with Gasteiger partial charge in [0.1, 0.15) is 0 Å². The topological polar surface area (TPSA) is 22.1 Å². The molecule has 4 aliphatic heterocycles. The van der Waals surface area contributed by atoms with E-state index in [1.807, 2.05) is 18.3 Å². The van der Waals surface area contributed by atoms with Gasteiger partial charge in [-0.2, -0.15) is 0 Å². The predicted octanol–water partition coefficient (Wildman–Crippen LogP) is 1.97. The van der Waals surface area contributed by atoms with Crippen molar-refractivity contribution in [3.05, 3.63) is 33.8 Å². The van der Waals surface area contributed by atoms with Gasteiger partial charge < -0.3 is 0 Å². The van der Waals surface area contributed by atoms with Crippen molar-refractivity contribution in [2.45, 2.75) is 5.54 Å². The maximum Gasteiger partial charge on any atom is 0.0989 e. The second kappa shape index (κ2) is 4.68. The summed E-state index contributed by atoms with van der Waals surface area (Å²) in [4.78, 5) is 12.3. The minimum Gasteiger partial charge on any atom is -0.282 e. The van der Waals surface area contributed by atoms with Crippen molar-refractivity contribution in [2.24, 2.45) is 4.99 Å². The molecule has 0 spiro atoms. The summed E-state index contributed by atoms with van der Waals surface area (Å²) in [5.74, 6) is 0. The van der Waals surface area contributed by atoms with E-state index in [9.17, 15) is 0 Å². The largest absolute Gasteiger partial charge is 0.282 e. The zero-order valence-corrected chi connectivity index (χ0v) is 12.6. The SMILES string of the molecule is Clc1ccc(C=NC23CN4CN(CN(C4)C2)C3)c(Cl)c1. The third kappa shape index (κ3) is 2.26. The Morgan fingerprint density at radius 3 is 2.15 bits per heavy atom. The van der Waals surface area contributed by atoms with Crippen molar-refractivity contribution in [2.75, 3.05) is 39.6 Å². The molecule has 4 nitrogen and oxygen atoms in total. The van der Waals surface area contributed by atoms with E-state index in [-0.39, 0.29) is 5.54 Å². The lowest BCUT2D eigenvalue weighted by Gasteiger charge is -2.59. The van der Waals surface area contributed by atoms with Crippen molar-refractivity contribution in [3.8, 4) is 0 Å². The molecule has 0 unspecified atom stereocenters. The van der Waals surface area contributed by atoms with Crippen LogP contribution in [0.25, 0.3) is 0 Å². The van der Waals surface area contributed by atoms with E-state index in [0.717, 1.165) is 45.2 Å². The monoisotopic (exact) mass is 310 g/mol. The molecule has 4 heterocycles. The fourth-order valence-electron chi connectivity index (χ4n) is 3.62. The van der Waals surface area contributed by atoms with Crippen LogP contribution in [-0.4, -0.2) is 66.1 Å². The third-order valence-corrected chi connectivity index (χ3v) is 4.76. The van der Waals surface area contributed by atoms with Crippen LogP contribution in [0.15, 0.2) is 23.2 Å². The molecule has 4 fully saturated rings. The van der Waals surface area contributed by atoms with Crippen LogP contribution in [0.1, 0.15) is 5.56 Å². The van der Waals surface area contributed by atoms with Gasteiger partial charge in [-0.1, -0.05) is 29.3 Å². The van der Waals surface area contributed by atoms with Crippen molar-refractivity contribution < 1.29 is 0 Å². The molecule has 0 saturated carbocycles. The molecule has 20 heavy (non-hydrogen) atoms. The molecule has 1 aromatic rings. The quantitative estimate of drug-likeness (QED) is 0.780. The Balaban J connectivity index is 1.60. The highest BCUT2D eigenvalue weighted by atomic mass is 35.5. The van der Waals surface area contributed by atoms with Crippen molar-refractivity contribution >= 4 is 29.4 Å². The summed E-state index contributed by atoms with van der Waals surface area (Å²) in [7, 11) is 0. The maximum atomic E-state index is 6.21. The molecular weight excluding hydrogens is 295 g/mol. The minimum atomic E-state index is -0.00227. The first-order chi connectivity index (χ1) is 9.62. The zero-order chi connectivity index (χ0) is 13.7. The first kappa shape index (κ1) is 13.0. The van der Waals surface area contributed by atoms with Crippen LogP contribution in [-0.2, 0) is 0 Å². The van der Waals surface area contributed by atoms with Gasteiger partial charge in [0.15, 0.2) is 0 Å². The Bertz CT molecular complexity index is 537. The lowest BCUT2D eigenvalue weighted by molar-refractivity contribution is -0.139. The van der Waals surface area contributed by atoms with E-state index in [4.69, 9.17) is 28.2 Å². The van der Waals surface area contributed by atoms with E-state index in [1.165, 1.54) is 0 Å². The predicted molar refractivity (Wildman–Crippen MR) is 81.5 cm³/mol. The number of hydrogen-bond donors (Lipinski definition) is 0. The molecule has 106 valence electrons. The van der Waals surface area contributed by atoms with Gasteiger partial charge in [0.2, 0.25) is 0 Å². The standard InChI is InChI=1S/C14H16Cl2N4/c15-12-2-1-11(13(16)3-12)4-17-14-5-18-8-19(6-14)10-20(7-14)9-18/h1-4H,5-10H2. The molecule has 4 saturated heterocycles. The average Bonchev–Trinajstić information content (AvgIpc) is 2.36. The molecule has 0 aliphatic carbocycles. The molecule has 0 amide bonds. The van der Waals surface area contributed by atoms with Crippen LogP contribution in [0, 0.1) is 0 Å². The van der Waals surface area contributed by atoms with Gasteiger partial charge in [0, 0.05) is 36.4 Å². The number of nitrogens with zero attached hydrogens (tertiary/aromatic N) is 4. The lowest BCUT2D eigenvalue weighted by Crippen LogP contribution is -2.75. The van der Waals surface area contributed by atoms with Gasteiger partial charge in [-0.15, -0.1) is 0 Å². The Morgan fingerprint density at radius 1 is 1.00 bits per heavy atom. The Hall–Kier alpha value is -0.650. The van der Waals surface area contributed by atoms with Gasteiger partial charge in [-0.25, -0.2) is 0 Å². The molecular formula is C14H16Cl2N4. The van der Waals surface area contributed by atoms with Gasteiger partial charge in [-0.05, 0) is 12.1 Å². The summed E-state index contributed by atoms with van der Waals surface area (Å²) < 4.78 is 0. The molecule has 5 rings (SSSR count). The fraction of sp³-hybridized carbons (Fsp3) is 0.500. The number of rotatable bonds is 2. The van der Waals surface area contributed by atoms with Gasteiger partial charge in [0.25, 0.3) is 0 Å². The minimum absolute atomic E-state index is 0.00227. The number of halogens is 2. The zero-order valence-electron chi connectivity index (χ0n) is 11.1. The Morgan fingerprint density at radius 2 is 1.60 bits per heavy atom. The first-order valence-electron chi connectivity index (χ1n) is 6.79. The van der Waals surface area contributed by atoms with Crippen LogP contribution in [0.4, 0.5) is 0 Å². The molecule has 0 aromatic heterocycles. The molecule has 4 bridgehead atoms. The molecule has 0 atom stereocenters. The fourth-order valence-corrected chi connectivity index (χ4v) is 4.07. The number of aliphatic imine (C=N–C) groups is 1. The third-order valence-electron chi connectivity index (χ3n) is 4.19. The van der Waals surface area contributed by atoms with E-state index < -0.39 is 0 Å². The van der Waals surface area contributed by atoms with Gasteiger partial charge >= 0.3 is 0 Å². The van der Waals surface area contributed by atoms with Gasteiger partial charge in [0.05, 0.1) is 30.6 Å². The normalized spacial score (nSPS) is 38.8. The van der Waals surface area contributed by atoms with E-state index in [1.54, 1.807) is 6.07 Å². The van der Waals surface area contributed by atoms with Crippen molar-refractivity contribution in [1.82, 2.24) is 14.7 Å². The molecule has 6 heteroatoms. The van der Waals surface area contributed by atoms with Crippen LogP contribution in [0.3, 0.4) is 0 Å². The molecule has 4 aliphatic rings. The Labute approximate surface area is 128 Å². The summed E-state index contributed by atoms with van der Waals surface area (Å²) in [6.07, 6.45) is 1.91. The van der Waals surface area contributed by atoms with Gasteiger partial charge in [-0.3, -0.25) is 19.7 Å². The van der Waals surface area contributed by atoms with E-state index in [0.29, 0.717) is 10.0 Å². The Kier molecular flexibility index (Phi) is 3.05. The highest BCUT2D eigenvalue weighted by Gasteiger charge is 2.48. The molecule has 1 aromatic carbocycles. The average molecular weight is 311 g/mol. The highest BCUT2D eigenvalue weighted by molar-refractivity contribution is 6.36. The van der Waals surface area contributed by atoms with Crippen molar-refractivity contribution in [1.29, 1.82) is 0 Å². The number of benzene rings is 1. The smallest absolute Gasteiger partial charge is 0.0989 e.